The van der Waals surface area contributed by atoms with E-state index in [2.05, 4.69) is 38.1 Å². The molecular formula is C15H17BrFN3O. The maximum atomic E-state index is 13.2. The van der Waals surface area contributed by atoms with Gasteiger partial charge >= 0.3 is 0 Å². The van der Waals surface area contributed by atoms with Gasteiger partial charge in [-0.25, -0.2) is 14.4 Å². The highest BCUT2D eigenvalue weighted by atomic mass is 79.9. The molecule has 1 heterocycles. The van der Waals surface area contributed by atoms with Crippen molar-refractivity contribution in [3.05, 3.63) is 40.2 Å². The fourth-order valence-corrected chi connectivity index (χ4v) is 2.38. The van der Waals surface area contributed by atoms with Crippen LogP contribution in [0.25, 0.3) is 11.4 Å². The van der Waals surface area contributed by atoms with Crippen LogP contribution >= 0.6 is 15.9 Å². The van der Waals surface area contributed by atoms with Gasteiger partial charge in [0.15, 0.2) is 5.82 Å². The molecule has 0 aliphatic heterocycles. The van der Waals surface area contributed by atoms with Gasteiger partial charge in [0.2, 0.25) is 0 Å². The maximum absolute atomic E-state index is 13.2. The van der Waals surface area contributed by atoms with Crippen molar-refractivity contribution < 1.29 is 9.13 Å². The minimum absolute atomic E-state index is 0.303. The normalized spacial score (nSPS) is 10.7. The predicted octanol–water partition coefficient (Wildman–Crippen LogP) is 4.01. The van der Waals surface area contributed by atoms with E-state index in [9.17, 15) is 4.39 Å². The first-order valence-corrected chi connectivity index (χ1v) is 7.49. The van der Waals surface area contributed by atoms with Crippen LogP contribution in [-0.2, 0) is 11.3 Å². The van der Waals surface area contributed by atoms with Gasteiger partial charge in [0.05, 0.1) is 12.3 Å². The topological polar surface area (TPSA) is 47.0 Å². The third-order valence-electron chi connectivity index (χ3n) is 2.80. The Balaban J connectivity index is 2.43. The zero-order valence-corrected chi connectivity index (χ0v) is 13.6. The zero-order valence-electron chi connectivity index (χ0n) is 12.0. The highest BCUT2D eigenvalue weighted by Gasteiger charge is 2.10. The van der Waals surface area contributed by atoms with E-state index >= 15 is 0 Å². The monoisotopic (exact) mass is 353 g/mol. The molecule has 112 valence electrons. The molecular weight excluding hydrogens is 337 g/mol. The second kappa shape index (κ2) is 7.47. The molecule has 21 heavy (non-hydrogen) atoms. The SMILES string of the molecule is CCCNc1cc(COC)nc(-c2ccc(F)cc2Br)n1. The molecule has 2 aromatic rings. The van der Waals surface area contributed by atoms with Gasteiger partial charge in [0.25, 0.3) is 0 Å². The summed E-state index contributed by atoms with van der Waals surface area (Å²) in [5, 5.41) is 3.24. The van der Waals surface area contributed by atoms with Crippen LogP contribution in [-0.4, -0.2) is 23.6 Å². The molecule has 1 aromatic carbocycles. The van der Waals surface area contributed by atoms with E-state index in [1.165, 1.54) is 12.1 Å². The van der Waals surface area contributed by atoms with Crippen molar-refractivity contribution in [2.24, 2.45) is 0 Å². The molecule has 2 rings (SSSR count). The highest BCUT2D eigenvalue weighted by Crippen LogP contribution is 2.27. The van der Waals surface area contributed by atoms with Crippen molar-refractivity contribution in [3.63, 3.8) is 0 Å². The van der Waals surface area contributed by atoms with Crippen LogP contribution in [0, 0.1) is 5.82 Å². The second-order valence-electron chi connectivity index (χ2n) is 4.55. The average molecular weight is 354 g/mol. The lowest BCUT2D eigenvalue weighted by atomic mass is 10.2. The first kappa shape index (κ1) is 15.9. The van der Waals surface area contributed by atoms with E-state index in [1.807, 2.05) is 6.07 Å². The first-order chi connectivity index (χ1) is 10.1. The van der Waals surface area contributed by atoms with Crippen LogP contribution in [0.1, 0.15) is 19.0 Å². The number of anilines is 1. The van der Waals surface area contributed by atoms with Crippen LogP contribution < -0.4 is 5.32 Å². The van der Waals surface area contributed by atoms with E-state index in [-0.39, 0.29) is 5.82 Å². The Hall–Kier alpha value is -1.53. The number of hydrogen-bond donors (Lipinski definition) is 1. The van der Waals surface area contributed by atoms with Gasteiger partial charge in [-0.15, -0.1) is 0 Å². The fourth-order valence-electron chi connectivity index (χ4n) is 1.85. The van der Waals surface area contributed by atoms with Crippen molar-refractivity contribution in [2.75, 3.05) is 19.0 Å². The van der Waals surface area contributed by atoms with E-state index in [0.29, 0.717) is 16.9 Å². The Labute approximate surface area is 131 Å². The number of hydrogen-bond acceptors (Lipinski definition) is 4. The molecule has 0 aliphatic rings. The molecule has 0 aliphatic carbocycles. The molecule has 1 N–H and O–H groups in total. The van der Waals surface area contributed by atoms with E-state index in [0.717, 1.165) is 30.0 Å². The zero-order chi connectivity index (χ0) is 15.2. The summed E-state index contributed by atoms with van der Waals surface area (Å²) in [7, 11) is 1.62. The third-order valence-corrected chi connectivity index (χ3v) is 3.46. The fraction of sp³-hybridized carbons (Fsp3) is 0.333. The lowest BCUT2D eigenvalue weighted by molar-refractivity contribution is 0.181. The van der Waals surface area contributed by atoms with Crippen molar-refractivity contribution in [2.45, 2.75) is 20.0 Å². The molecule has 0 saturated heterocycles. The number of benzene rings is 1. The van der Waals surface area contributed by atoms with Crippen molar-refractivity contribution in [3.8, 4) is 11.4 Å². The lowest BCUT2D eigenvalue weighted by Crippen LogP contribution is -2.06. The smallest absolute Gasteiger partial charge is 0.162 e. The minimum Gasteiger partial charge on any atom is -0.378 e. The first-order valence-electron chi connectivity index (χ1n) is 6.70. The number of ether oxygens (including phenoxy) is 1. The van der Waals surface area contributed by atoms with Crippen molar-refractivity contribution in [1.82, 2.24) is 9.97 Å². The Morgan fingerprint density at radius 3 is 2.76 bits per heavy atom. The van der Waals surface area contributed by atoms with E-state index in [1.54, 1.807) is 13.2 Å². The molecule has 0 atom stereocenters. The predicted molar refractivity (Wildman–Crippen MR) is 84.6 cm³/mol. The van der Waals surface area contributed by atoms with Crippen molar-refractivity contribution >= 4 is 21.7 Å². The van der Waals surface area contributed by atoms with Crippen LogP contribution in [0.4, 0.5) is 10.2 Å². The maximum Gasteiger partial charge on any atom is 0.162 e. The molecule has 0 bridgehead atoms. The molecule has 0 amide bonds. The van der Waals surface area contributed by atoms with E-state index in [4.69, 9.17) is 4.74 Å². The molecule has 1 aromatic heterocycles. The third kappa shape index (κ3) is 4.22. The van der Waals surface area contributed by atoms with Gasteiger partial charge in [-0.3, -0.25) is 0 Å². The molecule has 0 fully saturated rings. The molecule has 0 unspecified atom stereocenters. The summed E-state index contributed by atoms with van der Waals surface area (Å²) in [5.74, 6) is 0.975. The van der Waals surface area contributed by atoms with Gasteiger partial charge in [-0.05, 0) is 40.5 Å². The van der Waals surface area contributed by atoms with Crippen molar-refractivity contribution in [1.29, 1.82) is 0 Å². The van der Waals surface area contributed by atoms with Crippen LogP contribution in [0.3, 0.4) is 0 Å². The Bertz CT molecular complexity index is 622. The Kier molecular flexibility index (Phi) is 5.64. The van der Waals surface area contributed by atoms with Gasteiger partial charge in [0.1, 0.15) is 11.6 Å². The van der Waals surface area contributed by atoms with Gasteiger partial charge in [-0.1, -0.05) is 6.92 Å². The molecule has 6 heteroatoms. The molecule has 0 saturated carbocycles. The highest BCUT2D eigenvalue weighted by molar-refractivity contribution is 9.10. The Morgan fingerprint density at radius 1 is 1.29 bits per heavy atom. The van der Waals surface area contributed by atoms with Crippen LogP contribution in [0.5, 0.6) is 0 Å². The number of rotatable bonds is 6. The Morgan fingerprint density at radius 2 is 2.10 bits per heavy atom. The number of aromatic nitrogens is 2. The number of nitrogens with zero attached hydrogens (tertiary/aromatic N) is 2. The number of methoxy groups -OCH3 is 1. The summed E-state index contributed by atoms with van der Waals surface area (Å²) >= 11 is 3.35. The quantitative estimate of drug-likeness (QED) is 0.851. The minimum atomic E-state index is -0.303. The van der Waals surface area contributed by atoms with Gasteiger partial charge in [-0.2, -0.15) is 0 Å². The summed E-state index contributed by atoms with van der Waals surface area (Å²) in [6.07, 6.45) is 0.999. The molecule has 4 nitrogen and oxygen atoms in total. The molecule has 0 radical (unpaired) electrons. The van der Waals surface area contributed by atoms with Crippen LogP contribution in [0.2, 0.25) is 0 Å². The van der Waals surface area contributed by atoms with Crippen LogP contribution in [0.15, 0.2) is 28.7 Å². The number of halogens is 2. The summed E-state index contributed by atoms with van der Waals surface area (Å²) in [6.45, 7) is 3.31. The summed E-state index contributed by atoms with van der Waals surface area (Å²) < 4.78 is 19.0. The second-order valence-corrected chi connectivity index (χ2v) is 5.41. The lowest BCUT2D eigenvalue weighted by Gasteiger charge is -2.10. The largest absolute Gasteiger partial charge is 0.378 e. The standard InChI is InChI=1S/C15H17BrFN3O/c1-3-6-18-14-8-11(9-21-2)19-15(20-14)12-5-4-10(17)7-13(12)16/h4-5,7-8H,3,6,9H2,1-2H3,(H,18,19,20). The van der Waals surface area contributed by atoms with Gasteiger partial charge < -0.3 is 10.1 Å². The van der Waals surface area contributed by atoms with Gasteiger partial charge in [0, 0.05) is 29.8 Å². The average Bonchev–Trinajstić information content (AvgIpc) is 2.45. The summed E-state index contributed by atoms with van der Waals surface area (Å²) in [5.41, 5.74) is 1.52. The van der Waals surface area contributed by atoms with E-state index < -0.39 is 0 Å². The molecule has 0 spiro atoms. The summed E-state index contributed by atoms with van der Waals surface area (Å²) in [4.78, 5) is 8.95. The number of nitrogens with one attached hydrogen (secondary N) is 1. The summed E-state index contributed by atoms with van der Waals surface area (Å²) in [6, 6.07) is 6.32.